The Bertz CT molecular complexity index is 178. The smallest absolute Gasteiger partial charge is 0.0747 e. The Morgan fingerprint density at radius 1 is 1.33 bits per heavy atom. The van der Waals surface area contributed by atoms with Gasteiger partial charge < -0.3 is 5.41 Å². The molecule has 0 unspecified atom stereocenters. The summed E-state index contributed by atoms with van der Waals surface area (Å²) in [5.41, 5.74) is 0.625. The fraction of sp³-hybridized carbons (Fsp3) is 0.400. The minimum absolute atomic E-state index is 0.266. The number of allylic oxidation sites excluding steroid dienone is 3. The van der Waals surface area contributed by atoms with Crippen LogP contribution in [0.2, 0.25) is 0 Å². The lowest BCUT2D eigenvalue weighted by atomic mass is 10.2. The van der Waals surface area contributed by atoms with Crippen molar-refractivity contribution in [1.82, 2.24) is 0 Å². The largest absolute Gasteiger partial charge is 0.303 e. The van der Waals surface area contributed by atoms with Crippen LogP contribution in [0.5, 0.6) is 0 Å². The minimum Gasteiger partial charge on any atom is -0.303 e. The van der Waals surface area contributed by atoms with Crippen molar-refractivity contribution in [1.29, 1.82) is 10.8 Å². The summed E-state index contributed by atoms with van der Waals surface area (Å²) in [5.74, 6) is 0. The van der Waals surface area contributed by atoms with Crippen LogP contribution in [0, 0.1) is 10.8 Å². The first-order chi connectivity index (χ1) is 5.72. The summed E-state index contributed by atoms with van der Waals surface area (Å²) in [5, 5.41) is 14.5. The van der Waals surface area contributed by atoms with Crippen LogP contribution in [-0.4, -0.2) is 11.4 Å². The van der Waals surface area contributed by atoms with Crippen LogP contribution in [0.3, 0.4) is 0 Å². The zero-order chi connectivity index (χ0) is 9.98. The molecule has 0 saturated heterocycles. The maximum absolute atomic E-state index is 7.24. The lowest BCUT2D eigenvalue weighted by molar-refractivity contribution is 1.26. The van der Waals surface area contributed by atoms with Crippen molar-refractivity contribution in [2.45, 2.75) is 27.2 Å². The average molecular weight is 166 g/mol. The predicted molar refractivity (Wildman–Crippen MR) is 56.4 cm³/mol. The molecule has 0 spiro atoms. The van der Waals surface area contributed by atoms with Crippen molar-refractivity contribution in [3.8, 4) is 0 Å². The molecule has 2 N–H and O–H groups in total. The van der Waals surface area contributed by atoms with Gasteiger partial charge in [0.2, 0.25) is 0 Å². The highest BCUT2D eigenvalue weighted by atomic mass is 14.5. The first kappa shape index (κ1) is 13.4. The molecule has 0 aromatic heterocycles. The van der Waals surface area contributed by atoms with E-state index in [2.05, 4.69) is 6.58 Å². The summed E-state index contributed by atoms with van der Waals surface area (Å²) < 4.78 is 0. The van der Waals surface area contributed by atoms with Gasteiger partial charge in [-0.2, -0.15) is 0 Å². The molecule has 0 bridgehead atoms. The molecule has 0 aliphatic rings. The second-order valence-electron chi connectivity index (χ2n) is 1.84. The molecule has 2 heteroatoms. The van der Waals surface area contributed by atoms with Crippen LogP contribution < -0.4 is 0 Å². The highest BCUT2D eigenvalue weighted by Gasteiger charge is 1.94. The molecule has 0 rings (SSSR count). The Kier molecular flexibility index (Phi) is 11.0. The van der Waals surface area contributed by atoms with Gasteiger partial charge in [0.25, 0.3) is 0 Å². The third-order valence-electron chi connectivity index (χ3n) is 1.08. The first-order valence-electron chi connectivity index (χ1n) is 4.17. The summed E-state index contributed by atoms with van der Waals surface area (Å²) in [6.07, 6.45) is 5.43. The lowest BCUT2D eigenvalue weighted by Gasteiger charge is -1.93. The maximum Gasteiger partial charge on any atom is 0.0747 e. The van der Waals surface area contributed by atoms with Crippen LogP contribution in [0.1, 0.15) is 27.2 Å². The van der Waals surface area contributed by atoms with Crippen molar-refractivity contribution in [3.05, 3.63) is 24.8 Å². The zero-order valence-corrected chi connectivity index (χ0v) is 8.15. The van der Waals surface area contributed by atoms with E-state index in [1.807, 2.05) is 20.8 Å². The van der Waals surface area contributed by atoms with E-state index in [1.165, 1.54) is 0 Å². The van der Waals surface area contributed by atoms with E-state index in [-0.39, 0.29) is 5.71 Å². The molecule has 68 valence electrons. The fourth-order valence-electron chi connectivity index (χ4n) is 0.455. The maximum atomic E-state index is 7.24. The minimum atomic E-state index is 0.266. The van der Waals surface area contributed by atoms with Gasteiger partial charge in [0.1, 0.15) is 0 Å². The third-order valence-corrected chi connectivity index (χ3v) is 1.08. The van der Waals surface area contributed by atoms with E-state index in [4.69, 9.17) is 10.8 Å². The second-order valence-corrected chi connectivity index (χ2v) is 1.84. The molecule has 0 aliphatic heterocycles. The summed E-state index contributed by atoms with van der Waals surface area (Å²) in [7, 11) is 0. The van der Waals surface area contributed by atoms with E-state index < -0.39 is 0 Å². The SMILES string of the molecule is C=C/C=C\C(=N)C(=N)CC.CC. The van der Waals surface area contributed by atoms with Gasteiger partial charge in [-0.3, -0.25) is 5.41 Å². The van der Waals surface area contributed by atoms with Crippen molar-refractivity contribution in [2.75, 3.05) is 0 Å². The number of nitrogens with one attached hydrogen (secondary N) is 2. The van der Waals surface area contributed by atoms with Gasteiger partial charge >= 0.3 is 0 Å². The molecule has 0 amide bonds. The van der Waals surface area contributed by atoms with Crippen LogP contribution in [0.25, 0.3) is 0 Å². The van der Waals surface area contributed by atoms with Gasteiger partial charge in [-0.15, -0.1) is 0 Å². The van der Waals surface area contributed by atoms with Crippen molar-refractivity contribution in [2.24, 2.45) is 0 Å². The third kappa shape index (κ3) is 6.93. The molecule has 0 saturated carbocycles. The zero-order valence-electron chi connectivity index (χ0n) is 8.15. The van der Waals surface area contributed by atoms with E-state index >= 15 is 0 Å². The van der Waals surface area contributed by atoms with Crippen LogP contribution >= 0.6 is 0 Å². The van der Waals surface area contributed by atoms with Crippen LogP contribution in [-0.2, 0) is 0 Å². The molecule has 0 fully saturated rings. The molecule has 0 radical (unpaired) electrons. The topological polar surface area (TPSA) is 47.7 Å². The van der Waals surface area contributed by atoms with E-state index in [0.29, 0.717) is 12.1 Å². The molecular formula is C10H18N2. The van der Waals surface area contributed by atoms with E-state index in [1.54, 1.807) is 18.2 Å². The molecule has 0 aromatic carbocycles. The molecule has 0 aliphatic carbocycles. The van der Waals surface area contributed by atoms with Gasteiger partial charge in [-0.25, -0.2) is 0 Å². The molecule has 0 heterocycles. The van der Waals surface area contributed by atoms with Gasteiger partial charge in [0.05, 0.1) is 11.4 Å². The summed E-state index contributed by atoms with van der Waals surface area (Å²) >= 11 is 0. The fourth-order valence-corrected chi connectivity index (χ4v) is 0.455. The summed E-state index contributed by atoms with van der Waals surface area (Å²) in [6, 6.07) is 0. The van der Waals surface area contributed by atoms with Crippen molar-refractivity contribution in [3.63, 3.8) is 0 Å². The van der Waals surface area contributed by atoms with Crippen molar-refractivity contribution < 1.29 is 0 Å². The van der Waals surface area contributed by atoms with E-state index in [0.717, 1.165) is 0 Å². The molecule has 2 nitrogen and oxygen atoms in total. The van der Waals surface area contributed by atoms with Crippen LogP contribution in [0.15, 0.2) is 24.8 Å². The normalized spacial score (nSPS) is 8.58. The highest BCUT2D eigenvalue weighted by molar-refractivity contribution is 6.44. The van der Waals surface area contributed by atoms with E-state index in [9.17, 15) is 0 Å². The standard InChI is InChI=1S/C8H12N2.C2H6/c1-3-5-6-8(10)7(9)4-2;1-2/h3,5-6,9-10H,1,4H2,2H3;1-2H3/b6-5-,9-7?,10-8?;. The number of rotatable bonds is 4. The Morgan fingerprint density at radius 3 is 2.17 bits per heavy atom. The molecular weight excluding hydrogens is 148 g/mol. The predicted octanol–water partition coefficient (Wildman–Crippen LogP) is 3.20. The quantitative estimate of drug-likeness (QED) is 0.476. The number of hydrogen-bond donors (Lipinski definition) is 2. The Labute approximate surface area is 75.0 Å². The monoisotopic (exact) mass is 166 g/mol. The lowest BCUT2D eigenvalue weighted by Crippen LogP contribution is -2.06. The number of hydrogen-bond acceptors (Lipinski definition) is 2. The first-order valence-corrected chi connectivity index (χ1v) is 4.17. The van der Waals surface area contributed by atoms with Gasteiger partial charge in [0, 0.05) is 0 Å². The summed E-state index contributed by atoms with van der Waals surface area (Å²) in [4.78, 5) is 0. The Balaban J connectivity index is 0. The Morgan fingerprint density at radius 2 is 1.83 bits per heavy atom. The van der Waals surface area contributed by atoms with Gasteiger partial charge in [-0.05, 0) is 12.5 Å². The van der Waals surface area contributed by atoms with Crippen molar-refractivity contribution >= 4 is 11.4 Å². The highest BCUT2D eigenvalue weighted by Crippen LogP contribution is 1.87. The molecule has 0 atom stereocenters. The molecule has 12 heavy (non-hydrogen) atoms. The van der Waals surface area contributed by atoms with Crippen LogP contribution in [0.4, 0.5) is 0 Å². The Hall–Kier alpha value is -1.18. The second kappa shape index (κ2) is 9.82. The molecule has 0 aromatic rings. The van der Waals surface area contributed by atoms with Gasteiger partial charge in [-0.1, -0.05) is 39.5 Å². The summed E-state index contributed by atoms with van der Waals surface area (Å²) in [6.45, 7) is 9.32. The average Bonchev–Trinajstić information content (AvgIpc) is 2.16. The van der Waals surface area contributed by atoms with Gasteiger partial charge in [0.15, 0.2) is 0 Å².